The molecule has 0 aliphatic rings. The first-order valence-corrected chi connectivity index (χ1v) is 40.8. The number of hydrogen-bond acceptors (Lipinski definition) is 15. The summed E-state index contributed by atoms with van der Waals surface area (Å²) in [5, 5.41) is 10.6. The van der Waals surface area contributed by atoms with Gasteiger partial charge in [0.2, 0.25) is 0 Å². The fraction of sp³-hybridized carbons (Fsp3) is 0.945. The van der Waals surface area contributed by atoms with Crippen LogP contribution in [0.15, 0.2) is 0 Å². The van der Waals surface area contributed by atoms with Crippen LogP contribution in [0.2, 0.25) is 0 Å². The molecule has 0 aromatic carbocycles. The van der Waals surface area contributed by atoms with Crippen molar-refractivity contribution in [3.8, 4) is 0 Å². The van der Waals surface area contributed by atoms with Crippen LogP contribution in [0.5, 0.6) is 0 Å². The molecule has 546 valence electrons. The summed E-state index contributed by atoms with van der Waals surface area (Å²) in [6.07, 6.45) is 45.7. The minimum atomic E-state index is -4.96. The Bertz CT molecular complexity index is 1820. The van der Waals surface area contributed by atoms with Gasteiger partial charge in [0.15, 0.2) is 12.2 Å². The Morgan fingerprint density at radius 2 is 0.489 bits per heavy atom. The number of carbonyl (C=O) groups excluding carboxylic acids is 4. The van der Waals surface area contributed by atoms with E-state index >= 15 is 0 Å². The summed E-state index contributed by atoms with van der Waals surface area (Å²) in [7, 11) is -9.91. The Morgan fingerprint density at radius 1 is 0.293 bits per heavy atom. The zero-order valence-electron chi connectivity index (χ0n) is 60.2. The van der Waals surface area contributed by atoms with E-state index in [4.69, 9.17) is 37.0 Å². The van der Waals surface area contributed by atoms with E-state index in [0.29, 0.717) is 25.7 Å². The van der Waals surface area contributed by atoms with Crippen molar-refractivity contribution in [2.75, 3.05) is 39.6 Å². The molecule has 17 nitrogen and oxygen atoms in total. The quantitative estimate of drug-likeness (QED) is 0.0222. The fourth-order valence-electron chi connectivity index (χ4n) is 10.9. The van der Waals surface area contributed by atoms with Gasteiger partial charge in [0, 0.05) is 25.7 Å². The maximum atomic E-state index is 13.1. The molecule has 0 saturated carbocycles. The molecule has 19 heteroatoms. The lowest BCUT2D eigenvalue weighted by molar-refractivity contribution is -0.161. The van der Waals surface area contributed by atoms with E-state index in [-0.39, 0.29) is 25.7 Å². The molecule has 0 saturated heterocycles. The zero-order chi connectivity index (χ0) is 68.2. The number of phosphoric ester groups is 2. The van der Waals surface area contributed by atoms with Gasteiger partial charge < -0.3 is 33.8 Å². The highest BCUT2D eigenvalue weighted by Crippen LogP contribution is 2.45. The number of esters is 4. The fourth-order valence-corrected chi connectivity index (χ4v) is 12.5. The molecule has 92 heavy (non-hydrogen) atoms. The third-order valence-electron chi connectivity index (χ3n) is 18.3. The average Bonchev–Trinajstić information content (AvgIpc) is 3.29. The molecule has 0 aromatic heterocycles. The van der Waals surface area contributed by atoms with E-state index in [2.05, 4.69) is 55.4 Å². The Morgan fingerprint density at radius 3 is 0.717 bits per heavy atom. The SMILES string of the molecule is CCC(C)CCCCCCCCCCCCCCCCC(=O)O[C@H](COC(=O)CCCCCCCCCCC(C)CC)COP(=O)(O)OC[C@@H](O)COP(=O)(O)OC[C@@H](COC(=O)CCCCCCCCC(C)CC)OC(=O)CCCCCCCCCCC(C)CC. The molecule has 0 heterocycles. The van der Waals surface area contributed by atoms with Gasteiger partial charge in [0.1, 0.15) is 19.3 Å². The van der Waals surface area contributed by atoms with Gasteiger partial charge in [-0.3, -0.25) is 37.3 Å². The van der Waals surface area contributed by atoms with Crippen molar-refractivity contribution in [2.45, 2.75) is 382 Å². The van der Waals surface area contributed by atoms with Crippen molar-refractivity contribution >= 4 is 39.5 Å². The number of aliphatic hydroxyl groups is 1. The summed E-state index contributed by atoms with van der Waals surface area (Å²) in [6.45, 7) is 14.2. The van der Waals surface area contributed by atoms with Gasteiger partial charge in [-0.1, -0.05) is 312 Å². The lowest BCUT2D eigenvalue weighted by atomic mass is 9.99. The van der Waals surface area contributed by atoms with Crippen LogP contribution >= 0.6 is 15.6 Å². The third-order valence-corrected chi connectivity index (χ3v) is 20.2. The monoisotopic (exact) mass is 1350 g/mol. The van der Waals surface area contributed by atoms with Crippen LogP contribution in [0.25, 0.3) is 0 Å². The van der Waals surface area contributed by atoms with Gasteiger partial charge in [0.05, 0.1) is 26.4 Å². The van der Waals surface area contributed by atoms with E-state index in [0.717, 1.165) is 120 Å². The summed E-state index contributed by atoms with van der Waals surface area (Å²) in [5.41, 5.74) is 0. The molecule has 0 bridgehead atoms. The van der Waals surface area contributed by atoms with Crippen LogP contribution < -0.4 is 0 Å². The summed E-state index contributed by atoms with van der Waals surface area (Å²) in [6, 6.07) is 0. The minimum absolute atomic E-state index is 0.104. The second-order valence-corrected chi connectivity index (χ2v) is 30.2. The Hall–Kier alpha value is -1.94. The molecule has 3 N–H and O–H groups in total. The van der Waals surface area contributed by atoms with Gasteiger partial charge in [0.25, 0.3) is 0 Å². The zero-order valence-corrected chi connectivity index (χ0v) is 62.0. The van der Waals surface area contributed by atoms with Gasteiger partial charge in [-0.05, 0) is 49.4 Å². The number of rotatable bonds is 70. The van der Waals surface area contributed by atoms with Gasteiger partial charge in [-0.25, -0.2) is 9.13 Å². The van der Waals surface area contributed by atoms with Crippen LogP contribution in [-0.4, -0.2) is 96.7 Å². The highest BCUT2D eigenvalue weighted by Gasteiger charge is 2.30. The predicted octanol–water partition coefficient (Wildman–Crippen LogP) is 20.9. The minimum Gasteiger partial charge on any atom is -0.462 e. The Kier molecular flexibility index (Phi) is 61.3. The molecule has 6 unspecified atom stereocenters. The normalized spacial score (nSPS) is 15.4. The number of aliphatic hydroxyl groups excluding tert-OH is 1. The summed E-state index contributed by atoms with van der Waals surface area (Å²) < 4.78 is 68.4. The molecule has 0 rings (SSSR count). The smallest absolute Gasteiger partial charge is 0.462 e. The summed E-state index contributed by atoms with van der Waals surface area (Å²) in [5.74, 6) is 0.996. The predicted molar refractivity (Wildman–Crippen MR) is 372 cm³/mol. The Balaban J connectivity index is 5.26. The number of ether oxygens (including phenoxy) is 4. The third kappa shape index (κ3) is 61.6. The van der Waals surface area contributed by atoms with E-state index in [1.165, 1.54) is 161 Å². The topological polar surface area (TPSA) is 237 Å². The number of unbranched alkanes of at least 4 members (excludes halogenated alkanes) is 32. The molecule has 0 radical (unpaired) electrons. The van der Waals surface area contributed by atoms with Crippen molar-refractivity contribution in [3.63, 3.8) is 0 Å². The standard InChI is InChI=1S/C73H142O17P2/c1-9-63(5)49-41-33-25-19-17-15-13-14-16-18-20-29-39-47-55-72(77)89-68(59-83-70(75)53-45-37-28-23-21-26-34-42-50-64(6)10-2)61-87-91(79,80)85-57-67(74)58-86-92(81,82)88-62-69(60-84-71(76)54-46-38-32-31-36-44-52-66(8)12-4)90-73(78)56-48-40-30-24-22-27-35-43-51-65(7)11-3/h63-69,74H,9-62H2,1-8H3,(H,79,80)(H,81,82)/t63?,64?,65?,66?,67-,68-,69-/m1/s1. The Labute approximate surface area is 562 Å². The number of carbonyl (C=O) groups is 4. The van der Waals surface area contributed by atoms with Crippen LogP contribution in [-0.2, 0) is 65.4 Å². The molecule has 0 spiro atoms. The molecular formula is C73H142O17P2. The second kappa shape index (κ2) is 62.6. The largest absolute Gasteiger partial charge is 0.472 e. The second-order valence-electron chi connectivity index (χ2n) is 27.3. The van der Waals surface area contributed by atoms with Gasteiger partial charge >= 0.3 is 39.5 Å². The molecular weight excluding hydrogens is 1210 g/mol. The van der Waals surface area contributed by atoms with Crippen LogP contribution in [0.4, 0.5) is 0 Å². The van der Waals surface area contributed by atoms with Crippen LogP contribution in [0.1, 0.15) is 364 Å². The molecule has 0 aromatic rings. The molecule has 9 atom stereocenters. The van der Waals surface area contributed by atoms with E-state index in [1.54, 1.807) is 0 Å². The van der Waals surface area contributed by atoms with Crippen molar-refractivity contribution in [2.24, 2.45) is 23.7 Å². The molecule has 0 aliphatic carbocycles. The lowest BCUT2D eigenvalue weighted by Crippen LogP contribution is -2.30. The van der Waals surface area contributed by atoms with Crippen LogP contribution in [0.3, 0.4) is 0 Å². The van der Waals surface area contributed by atoms with Crippen LogP contribution in [0, 0.1) is 23.7 Å². The first-order valence-electron chi connectivity index (χ1n) is 37.9. The van der Waals surface area contributed by atoms with E-state index in [1.807, 2.05) is 0 Å². The summed E-state index contributed by atoms with van der Waals surface area (Å²) >= 11 is 0. The highest BCUT2D eigenvalue weighted by atomic mass is 31.2. The average molecular weight is 1350 g/mol. The van der Waals surface area contributed by atoms with Crippen molar-refractivity contribution in [1.82, 2.24) is 0 Å². The van der Waals surface area contributed by atoms with Gasteiger partial charge in [-0.2, -0.15) is 0 Å². The maximum Gasteiger partial charge on any atom is 0.472 e. The van der Waals surface area contributed by atoms with Gasteiger partial charge in [-0.15, -0.1) is 0 Å². The summed E-state index contributed by atoms with van der Waals surface area (Å²) in [4.78, 5) is 72.7. The first-order chi connectivity index (χ1) is 44.2. The van der Waals surface area contributed by atoms with E-state index in [9.17, 15) is 43.2 Å². The lowest BCUT2D eigenvalue weighted by Gasteiger charge is -2.21. The van der Waals surface area contributed by atoms with Crippen molar-refractivity contribution in [3.05, 3.63) is 0 Å². The van der Waals surface area contributed by atoms with E-state index < -0.39 is 97.5 Å². The maximum absolute atomic E-state index is 13.1. The molecule has 0 aliphatic heterocycles. The number of phosphoric acid groups is 2. The first kappa shape index (κ1) is 90.1. The number of hydrogen-bond donors (Lipinski definition) is 3. The highest BCUT2D eigenvalue weighted by molar-refractivity contribution is 7.47. The molecule has 0 amide bonds. The van der Waals surface area contributed by atoms with Crippen molar-refractivity contribution in [1.29, 1.82) is 0 Å². The van der Waals surface area contributed by atoms with Crippen molar-refractivity contribution < 1.29 is 80.2 Å². The molecule has 0 fully saturated rings.